The van der Waals surface area contributed by atoms with E-state index in [9.17, 15) is 19.5 Å². The topological polar surface area (TPSA) is 117 Å². The van der Waals surface area contributed by atoms with Gasteiger partial charge in [-0.2, -0.15) is 0 Å². The first kappa shape index (κ1) is 19.3. The molecule has 0 aliphatic carbocycles. The molecule has 8 heteroatoms. The maximum atomic E-state index is 11.6. The van der Waals surface area contributed by atoms with E-state index in [1.807, 2.05) is 6.07 Å². The SMILES string of the molecule is CC(C)(C)OC(=O)NC[C@H](NC(=O)OCc1ccccc1)C(=O)[O-]. The molecule has 0 radical (unpaired) electrons. The number of carbonyl (C=O) groups excluding carboxylic acids is 3. The fraction of sp³-hybridized carbons (Fsp3) is 0.438. The molecule has 0 aliphatic rings. The lowest BCUT2D eigenvalue weighted by Crippen LogP contribution is -2.54. The molecule has 1 aromatic carbocycles. The second-order valence-electron chi connectivity index (χ2n) is 5.96. The molecule has 8 nitrogen and oxygen atoms in total. The number of hydrogen-bond acceptors (Lipinski definition) is 6. The number of amides is 2. The number of aliphatic carboxylic acids is 1. The molecular formula is C16H21N2O6-. The molecule has 0 saturated carbocycles. The van der Waals surface area contributed by atoms with Gasteiger partial charge in [0, 0.05) is 6.54 Å². The Morgan fingerprint density at radius 2 is 1.75 bits per heavy atom. The van der Waals surface area contributed by atoms with Crippen molar-refractivity contribution in [3.8, 4) is 0 Å². The highest BCUT2D eigenvalue weighted by atomic mass is 16.6. The Morgan fingerprint density at radius 3 is 2.29 bits per heavy atom. The highest BCUT2D eigenvalue weighted by molar-refractivity contribution is 5.79. The van der Waals surface area contributed by atoms with E-state index in [4.69, 9.17) is 9.47 Å². The van der Waals surface area contributed by atoms with Crippen LogP contribution in [0, 0.1) is 0 Å². The second-order valence-corrected chi connectivity index (χ2v) is 5.96. The largest absolute Gasteiger partial charge is 0.548 e. The fourth-order valence-corrected chi connectivity index (χ4v) is 1.60. The number of ether oxygens (including phenoxy) is 2. The van der Waals surface area contributed by atoms with E-state index in [2.05, 4.69) is 10.6 Å². The van der Waals surface area contributed by atoms with Gasteiger partial charge in [0.25, 0.3) is 0 Å². The number of carboxylic acid groups (broad SMARTS) is 1. The van der Waals surface area contributed by atoms with E-state index < -0.39 is 36.3 Å². The van der Waals surface area contributed by atoms with Crippen LogP contribution in [0.5, 0.6) is 0 Å². The molecule has 2 N–H and O–H groups in total. The van der Waals surface area contributed by atoms with Gasteiger partial charge in [0.15, 0.2) is 0 Å². The van der Waals surface area contributed by atoms with Crippen molar-refractivity contribution < 1.29 is 29.0 Å². The van der Waals surface area contributed by atoms with Crippen LogP contribution in [0.2, 0.25) is 0 Å². The van der Waals surface area contributed by atoms with Crippen LogP contribution in [0.25, 0.3) is 0 Å². The maximum absolute atomic E-state index is 11.6. The molecule has 0 bridgehead atoms. The highest BCUT2D eigenvalue weighted by Crippen LogP contribution is 2.06. The first-order valence-electron chi connectivity index (χ1n) is 7.32. The zero-order valence-electron chi connectivity index (χ0n) is 13.8. The smallest absolute Gasteiger partial charge is 0.408 e. The summed E-state index contributed by atoms with van der Waals surface area (Å²) in [7, 11) is 0. The lowest BCUT2D eigenvalue weighted by molar-refractivity contribution is -0.308. The molecule has 24 heavy (non-hydrogen) atoms. The van der Waals surface area contributed by atoms with Crippen molar-refractivity contribution in [2.75, 3.05) is 6.54 Å². The predicted octanol–water partition coefficient (Wildman–Crippen LogP) is 0.556. The number of alkyl carbamates (subject to hydrolysis) is 2. The molecular weight excluding hydrogens is 316 g/mol. The van der Waals surface area contributed by atoms with E-state index in [1.54, 1.807) is 45.0 Å². The Labute approximate surface area is 140 Å². The van der Waals surface area contributed by atoms with Gasteiger partial charge in [-0.25, -0.2) is 9.59 Å². The van der Waals surface area contributed by atoms with E-state index in [0.29, 0.717) is 0 Å². The van der Waals surface area contributed by atoms with Crippen molar-refractivity contribution in [3.63, 3.8) is 0 Å². The van der Waals surface area contributed by atoms with Crippen molar-refractivity contribution in [1.29, 1.82) is 0 Å². The monoisotopic (exact) mass is 337 g/mol. The lowest BCUT2D eigenvalue weighted by Gasteiger charge is -2.23. The van der Waals surface area contributed by atoms with Crippen molar-refractivity contribution in [3.05, 3.63) is 35.9 Å². The summed E-state index contributed by atoms with van der Waals surface area (Å²) in [6.07, 6.45) is -1.73. The molecule has 1 rings (SSSR count). The Kier molecular flexibility index (Phi) is 7.03. The molecule has 1 aromatic rings. The van der Waals surface area contributed by atoms with Crippen LogP contribution in [-0.4, -0.2) is 36.3 Å². The molecule has 0 saturated heterocycles. The van der Waals surface area contributed by atoms with Crippen molar-refractivity contribution in [1.82, 2.24) is 10.6 Å². The molecule has 0 heterocycles. The summed E-state index contributed by atoms with van der Waals surface area (Å²) in [5, 5.41) is 15.4. The van der Waals surface area contributed by atoms with Gasteiger partial charge in [0.05, 0.1) is 12.0 Å². The Hall–Kier alpha value is -2.77. The second kappa shape index (κ2) is 8.76. The number of hydrogen-bond donors (Lipinski definition) is 2. The van der Waals surface area contributed by atoms with Crippen LogP contribution >= 0.6 is 0 Å². The average Bonchev–Trinajstić information content (AvgIpc) is 2.48. The number of benzene rings is 1. The van der Waals surface area contributed by atoms with Gasteiger partial charge in [-0.05, 0) is 26.3 Å². The molecule has 0 unspecified atom stereocenters. The number of nitrogens with one attached hydrogen (secondary N) is 2. The van der Waals surface area contributed by atoms with Gasteiger partial charge in [-0.3, -0.25) is 0 Å². The molecule has 2 amide bonds. The van der Waals surface area contributed by atoms with E-state index in [1.165, 1.54) is 0 Å². The van der Waals surface area contributed by atoms with Crippen molar-refractivity contribution in [2.45, 2.75) is 39.0 Å². The third kappa shape index (κ3) is 8.02. The van der Waals surface area contributed by atoms with Gasteiger partial charge in [0.1, 0.15) is 12.2 Å². The van der Waals surface area contributed by atoms with Crippen LogP contribution in [0.3, 0.4) is 0 Å². The highest BCUT2D eigenvalue weighted by Gasteiger charge is 2.19. The Bertz CT molecular complexity index is 568. The van der Waals surface area contributed by atoms with Crippen LogP contribution in [-0.2, 0) is 20.9 Å². The first-order valence-corrected chi connectivity index (χ1v) is 7.32. The standard InChI is InChI=1S/C16H22N2O6/c1-16(2,3)24-14(21)17-9-12(13(19)20)18-15(22)23-10-11-7-5-4-6-8-11/h4-8,12H,9-10H2,1-3H3,(H,17,21)(H,18,22)(H,19,20)/p-1/t12-/m0/s1. The summed E-state index contributed by atoms with van der Waals surface area (Å²) in [4.78, 5) is 34.2. The number of carboxylic acids is 1. The summed E-state index contributed by atoms with van der Waals surface area (Å²) in [6, 6.07) is 7.45. The van der Waals surface area contributed by atoms with Gasteiger partial charge >= 0.3 is 12.2 Å². The van der Waals surface area contributed by atoms with E-state index >= 15 is 0 Å². The quantitative estimate of drug-likeness (QED) is 0.783. The molecule has 0 spiro atoms. The minimum atomic E-state index is -1.55. The summed E-state index contributed by atoms with van der Waals surface area (Å²) >= 11 is 0. The van der Waals surface area contributed by atoms with Crippen LogP contribution in [0.4, 0.5) is 9.59 Å². The number of rotatable bonds is 6. The average molecular weight is 337 g/mol. The fourth-order valence-electron chi connectivity index (χ4n) is 1.60. The maximum Gasteiger partial charge on any atom is 0.408 e. The zero-order chi connectivity index (χ0) is 18.2. The van der Waals surface area contributed by atoms with E-state index in [0.717, 1.165) is 5.56 Å². The summed E-state index contributed by atoms with van der Waals surface area (Å²) in [6.45, 7) is 4.61. The minimum Gasteiger partial charge on any atom is -0.548 e. The number of carbonyl (C=O) groups is 3. The van der Waals surface area contributed by atoms with Crippen LogP contribution in [0.15, 0.2) is 30.3 Å². The molecule has 1 atom stereocenters. The summed E-state index contributed by atoms with van der Waals surface area (Å²) < 4.78 is 9.88. The van der Waals surface area contributed by atoms with Crippen LogP contribution in [0.1, 0.15) is 26.3 Å². The Balaban J connectivity index is 2.43. The van der Waals surface area contributed by atoms with Gasteiger partial charge in [-0.1, -0.05) is 30.3 Å². The van der Waals surface area contributed by atoms with Gasteiger partial charge in [0.2, 0.25) is 0 Å². The molecule has 0 aromatic heterocycles. The lowest BCUT2D eigenvalue weighted by atomic mass is 10.2. The molecule has 0 fully saturated rings. The van der Waals surface area contributed by atoms with Gasteiger partial charge in [-0.15, -0.1) is 0 Å². The van der Waals surface area contributed by atoms with E-state index in [-0.39, 0.29) is 6.61 Å². The predicted molar refractivity (Wildman–Crippen MR) is 82.8 cm³/mol. The summed E-state index contributed by atoms with van der Waals surface area (Å²) in [5.41, 5.74) is 0.0350. The Morgan fingerprint density at radius 1 is 1.12 bits per heavy atom. The first-order chi connectivity index (χ1) is 11.2. The third-order valence-electron chi connectivity index (χ3n) is 2.64. The molecule has 0 aliphatic heterocycles. The van der Waals surface area contributed by atoms with Crippen molar-refractivity contribution in [2.24, 2.45) is 0 Å². The normalized spacial score (nSPS) is 12.0. The zero-order valence-corrected chi connectivity index (χ0v) is 13.8. The minimum absolute atomic E-state index is 0.00800. The summed E-state index contributed by atoms with van der Waals surface area (Å²) in [5.74, 6) is -1.55. The third-order valence-corrected chi connectivity index (χ3v) is 2.64. The van der Waals surface area contributed by atoms with Crippen molar-refractivity contribution >= 4 is 18.2 Å². The molecule has 132 valence electrons. The van der Waals surface area contributed by atoms with Crippen LogP contribution < -0.4 is 15.7 Å². The van der Waals surface area contributed by atoms with Gasteiger partial charge < -0.3 is 30.0 Å².